The molecule has 1 aromatic heterocycles. The third-order valence-corrected chi connectivity index (χ3v) is 6.34. The van der Waals surface area contributed by atoms with E-state index in [0.717, 1.165) is 37.3 Å². The summed E-state index contributed by atoms with van der Waals surface area (Å²) in [5.74, 6) is 0.512. The zero-order valence-corrected chi connectivity index (χ0v) is 19.1. The Morgan fingerprint density at radius 2 is 1.68 bits per heavy atom. The summed E-state index contributed by atoms with van der Waals surface area (Å²) < 4.78 is 15.7. The normalized spacial score (nSPS) is 14.6. The molecule has 1 saturated heterocycles. The van der Waals surface area contributed by atoms with Crippen LogP contribution in [0, 0.1) is 5.82 Å². The van der Waals surface area contributed by atoms with Gasteiger partial charge in [0.05, 0.1) is 6.54 Å². The average Bonchev–Trinajstić information content (AvgIpc) is 3.20. The first kappa shape index (κ1) is 22.0. The second-order valence-electron chi connectivity index (χ2n) is 7.38. The van der Waals surface area contributed by atoms with Gasteiger partial charge >= 0.3 is 0 Å². The molecule has 1 aliphatic heterocycles. The van der Waals surface area contributed by atoms with E-state index in [1.807, 2.05) is 42.6 Å². The molecule has 1 fully saturated rings. The predicted octanol–water partition coefficient (Wildman–Crippen LogP) is 4.89. The lowest BCUT2D eigenvalue weighted by Crippen LogP contribution is -2.49. The van der Waals surface area contributed by atoms with Crippen molar-refractivity contribution in [2.45, 2.75) is 13.1 Å². The van der Waals surface area contributed by atoms with Crippen molar-refractivity contribution in [1.29, 1.82) is 0 Å². The van der Waals surface area contributed by atoms with Gasteiger partial charge in [-0.25, -0.2) is 4.39 Å². The molecular formula is C22H22Cl2FN5S. The van der Waals surface area contributed by atoms with Gasteiger partial charge in [0, 0.05) is 66.2 Å². The lowest BCUT2D eigenvalue weighted by molar-refractivity contribution is 0.175. The summed E-state index contributed by atoms with van der Waals surface area (Å²) in [4.78, 5) is 4.34. The van der Waals surface area contributed by atoms with Crippen molar-refractivity contribution < 1.29 is 4.39 Å². The Labute approximate surface area is 196 Å². The second-order valence-corrected chi connectivity index (χ2v) is 8.58. The van der Waals surface area contributed by atoms with E-state index in [1.165, 1.54) is 6.07 Å². The van der Waals surface area contributed by atoms with E-state index >= 15 is 0 Å². The van der Waals surface area contributed by atoms with Crippen molar-refractivity contribution in [3.63, 3.8) is 0 Å². The number of hydrogen-bond acceptors (Lipinski definition) is 3. The lowest BCUT2D eigenvalue weighted by Gasteiger charge is -2.36. The quantitative estimate of drug-likeness (QED) is 0.529. The molecule has 0 atom stereocenters. The molecule has 9 heteroatoms. The van der Waals surface area contributed by atoms with Crippen LogP contribution in [0.4, 0.5) is 10.2 Å². The van der Waals surface area contributed by atoms with Gasteiger partial charge in [-0.1, -0.05) is 47.5 Å². The van der Waals surface area contributed by atoms with Crippen molar-refractivity contribution in [2.75, 3.05) is 31.5 Å². The molecule has 1 N–H and O–H groups in total. The number of piperazine rings is 1. The molecule has 1 aliphatic rings. The Morgan fingerprint density at radius 3 is 2.39 bits per heavy atom. The van der Waals surface area contributed by atoms with Crippen LogP contribution < -0.4 is 5.32 Å². The number of halogens is 3. The number of rotatable bonds is 5. The average molecular weight is 478 g/mol. The fourth-order valence-electron chi connectivity index (χ4n) is 3.53. The lowest BCUT2D eigenvalue weighted by atomic mass is 10.2. The summed E-state index contributed by atoms with van der Waals surface area (Å²) in [5.41, 5.74) is 1.55. The molecule has 0 saturated carbocycles. The topological polar surface area (TPSA) is 36.3 Å². The first-order chi connectivity index (χ1) is 15.0. The number of nitrogens with one attached hydrogen (secondary N) is 1. The van der Waals surface area contributed by atoms with Crippen molar-refractivity contribution in [2.24, 2.45) is 0 Å². The summed E-state index contributed by atoms with van der Waals surface area (Å²) in [6.45, 7) is 4.26. The van der Waals surface area contributed by atoms with E-state index in [9.17, 15) is 4.39 Å². The van der Waals surface area contributed by atoms with Crippen LogP contribution in [0.25, 0.3) is 0 Å². The molecule has 0 bridgehead atoms. The van der Waals surface area contributed by atoms with E-state index in [-0.39, 0.29) is 5.82 Å². The van der Waals surface area contributed by atoms with Gasteiger partial charge in [-0.05, 0) is 30.4 Å². The molecule has 0 radical (unpaired) electrons. The molecule has 4 rings (SSSR count). The van der Waals surface area contributed by atoms with Gasteiger partial charge in [-0.2, -0.15) is 5.10 Å². The van der Waals surface area contributed by atoms with Crippen LogP contribution in [-0.2, 0) is 13.1 Å². The molecule has 2 aromatic carbocycles. The standard InChI is InChI=1S/C22H22Cl2FN5S/c23-18-5-3-6-19(24)17(18)15-30-9-8-21(27-30)26-22(31)29-12-10-28(11-13-29)14-16-4-1-2-7-20(16)25/h1-9H,10-15H2,(H,26,27,31). The Morgan fingerprint density at radius 1 is 0.968 bits per heavy atom. The van der Waals surface area contributed by atoms with E-state index in [2.05, 4.69) is 20.2 Å². The maximum Gasteiger partial charge on any atom is 0.174 e. The fourth-order valence-corrected chi connectivity index (χ4v) is 4.33. The van der Waals surface area contributed by atoms with Gasteiger partial charge in [-0.3, -0.25) is 9.58 Å². The molecule has 162 valence electrons. The zero-order chi connectivity index (χ0) is 21.8. The minimum atomic E-state index is -0.157. The van der Waals surface area contributed by atoms with E-state index in [1.54, 1.807) is 10.7 Å². The minimum absolute atomic E-state index is 0.157. The number of thiocarbonyl (C=S) groups is 1. The maximum atomic E-state index is 13.9. The van der Waals surface area contributed by atoms with Crippen LogP contribution in [0.3, 0.4) is 0 Å². The van der Waals surface area contributed by atoms with Crippen molar-refractivity contribution in [1.82, 2.24) is 19.6 Å². The Bertz CT molecular complexity index is 1050. The zero-order valence-electron chi connectivity index (χ0n) is 16.8. The molecule has 3 aromatic rings. The summed E-state index contributed by atoms with van der Waals surface area (Å²) in [7, 11) is 0. The summed E-state index contributed by atoms with van der Waals surface area (Å²) in [5, 5.41) is 9.58. The second kappa shape index (κ2) is 9.96. The summed E-state index contributed by atoms with van der Waals surface area (Å²) >= 11 is 18.1. The van der Waals surface area contributed by atoms with E-state index < -0.39 is 0 Å². The van der Waals surface area contributed by atoms with Gasteiger partial charge in [0.25, 0.3) is 0 Å². The van der Waals surface area contributed by atoms with Crippen LogP contribution in [0.15, 0.2) is 54.7 Å². The molecule has 2 heterocycles. The third kappa shape index (κ3) is 5.54. The van der Waals surface area contributed by atoms with Crippen LogP contribution in [0.2, 0.25) is 10.0 Å². The van der Waals surface area contributed by atoms with Crippen LogP contribution in [0.1, 0.15) is 11.1 Å². The molecule has 5 nitrogen and oxygen atoms in total. The molecule has 0 aliphatic carbocycles. The van der Waals surface area contributed by atoms with Crippen molar-refractivity contribution >= 4 is 46.4 Å². The Hall–Kier alpha value is -2.19. The minimum Gasteiger partial charge on any atom is -0.346 e. The highest BCUT2D eigenvalue weighted by atomic mass is 35.5. The summed E-state index contributed by atoms with van der Waals surface area (Å²) in [6, 6.07) is 14.2. The maximum absolute atomic E-state index is 13.9. The number of anilines is 1. The smallest absolute Gasteiger partial charge is 0.174 e. The number of nitrogens with zero attached hydrogens (tertiary/aromatic N) is 4. The molecule has 0 spiro atoms. The molecule has 31 heavy (non-hydrogen) atoms. The summed E-state index contributed by atoms with van der Waals surface area (Å²) in [6.07, 6.45) is 1.86. The Balaban J connectivity index is 1.29. The van der Waals surface area contributed by atoms with Gasteiger partial charge in [0.2, 0.25) is 0 Å². The third-order valence-electron chi connectivity index (χ3n) is 5.27. The highest BCUT2D eigenvalue weighted by Gasteiger charge is 2.20. The largest absolute Gasteiger partial charge is 0.346 e. The molecule has 0 unspecified atom stereocenters. The highest BCUT2D eigenvalue weighted by Crippen LogP contribution is 2.25. The van der Waals surface area contributed by atoms with Gasteiger partial charge in [0.1, 0.15) is 5.82 Å². The predicted molar refractivity (Wildman–Crippen MR) is 127 cm³/mol. The number of aromatic nitrogens is 2. The van der Waals surface area contributed by atoms with Gasteiger partial charge in [-0.15, -0.1) is 0 Å². The first-order valence-electron chi connectivity index (χ1n) is 9.97. The van der Waals surface area contributed by atoms with Gasteiger partial charge in [0.15, 0.2) is 10.9 Å². The monoisotopic (exact) mass is 477 g/mol. The molecule has 0 amide bonds. The van der Waals surface area contributed by atoms with Crippen molar-refractivity contribution in [3.05, 3.63) is 81.7 Å². The van der Waals surface area contributed by atoms with Crippen molar-refractivity contribution in [3.8, 4) is 0 Å². The Kier molecular flexibility index (Phi) is 7.07. The van der Waals surface area contributed by atoms with Crippen LogP contribution in [-0.4, -0.2) is 50.9 Å². The van der Waals surface area contributed by atoms with Crippen LogP contribution in [0.5, 0.6) is 0 Å². The van der Waals surface area contributed by atoms with E-state index in [4.69, 9.17) is 35.4 Å². The number of benzene rings is 2. The molecular weight excluding hydrogens is 456 g/mol. The first-order valence-corrected chi connectivity index (χ1v) is 11.1. The number of hydrogen-bond donors (Lipinski definition) is 1. The van der Waals surface area contributed by atoms with E-state index in [0.29, 0.717) is 34.1 Å². The van der Waals surface area contributed by atoms with Gasteiger partial charge < -0.3 is 10.2 Å². The van der Waals surface area contributed by atoms with Crippen LogP contribution >= 0.6 is 35.4 Å². The SMILES string of the molecule is Fc1ccccc1CN1CCN(C(=S)Nc2ccn(Cc3c(Cl)cccc3Cl)n2)CC1. The fraction of sp³-hybridized carbons (Fsp3) is 0.273. The highest BCUT2D eigenvalue weighted by molar-refractivity contribution is 7.80.